The maximum Gasteiger partial charge on any atom is 0.347 e. The molecule has 0 bridgehead atoms. The molecule has 0 saturated heterocycles. The molecule has 0 aromatic heterocycles. The smallest absolute Gasteiger partial charge is 0.347 e. The Morgan fingerprint density at radius 1 is 1.00 bits per heavy atom. The molecular formula is C22H30ClNO3. The molecule has 1 N–H and O–H groups in total. The van der Waals surface area contributed by atoms with Gasteiger partial charge in [-0.2, -0.15) is 0 Å². The molecule has 1 atom stereocenters. The van der Waals surface area contributed by atoms with E-state index in [1.807, 2.05) is 67.6 Å². The minimum Gasteiger partial charge on any atom is -1.00 e. The molecule has 0 radical (unpaired) electrons. The second-order valence-electron chi connectivity index (χ2n) is 6.75. The summed E-state index contributed by atoms with van der Waals surface area (Å²) >= 11 is 0. The van der Waals surface area contributed by atoms with Gasteiger partial charge in [-0.25, -0.2) is 4.79 Å². The van der Waals surface area contributed by atoms with E-state index >= 15 is 0 Å². The second-order valence-corrected chi connectivity index (χ2v) is 6.75. The van der Waals surface area contributed by atoms with Crippen LogP contribution in [0.5, 0.6) is 0 Å². The van der Waals surface area contributed by atoms with Crippen LogP contribution in [0.2, 0.25) is 0 Å². The van der Waals surface area contributed by atoms with Crippen molar-refractivity contribution in [1.82, 2.24) is 0 Å². The molecule has 5 heteroatoms. The van der Waals surface area contributed by atoms with Crippen LogP contribution < -0.4 is 17.3 Å². The van der Waals surface area contributed by atoms with Crippen molar-refractivity contribution >= 4 is 5.97 Å². The first-order valence-electron chi connectivity index (χ1n) is 9.24. The summed E-state index contributed by atoms with van der Waals surface area (Å²) in [6, 6.07) is 19.6. The lowest BCUT2D eigenvalue weighted by Crippen LogP contribution is -3.09. The molecule has 0 amide bonds. The number of ether oxygens (including phenoxy) is 2. The quantitative estimate of drug-likeness (QED) is 0.582. The van der Waals surface area contributed by atoms with Gasteiger partial charge in [0.05, 0.1) is 26.7 Å². The summed E-state index contributed by atoms with van der Waals surface area (Å²) in [7, 11) is 4.20. The van der Waals surface area contributed by atoms with Crippen LogP contribution in [-0.2, 0) is 19.9 Å². The minimum atomic E-state index is -1.24. The number of rotatable bonds is 9. The molecule has 0 aliphatic carbocycles. The largest absolute Gasteiger partial charge is 1.00 e. The fourth-order valence-corrected chi connectivity index (χ4v) is 2.91. The minimum absolute atomic E-state index is 0. The lowest BCUT2D eigenvalue weighted by atomic mass is 9.86. The number of hydrogen-bond acceptors (Lipinski definition) is 3. The maximum atomic E-state index is 13.3. The van der Waals surface area contributed by atoms with Crippen molar-refractivity contribution in [3.8, 4) is 0 Å². The van der Waals surface area contributed by atoms with E-state index in [2.05, 4.69) is 21.0 Å². The summed E-state index contributed by atoms with van der Waals surface area (Å²) in [5, 5.41) is 0. The van der Waals surface area contributed by atoms with Gasteiger partial charge in [0, 0.05) is 13.0 Å². The van der Waals surface area contributed by atoms with Crippen molar-refractivity contribution in [1.29, 1.82) is 0 Å². The summed E-state index contributed by atoms with van der Waals surface area (Å²) in [6.45, 7) is 4.82. The van der Waals surface area contributed by atoms with Gasteiger partial charge in [0.25, 0.3) is 0 Å². The number of hydrogen-bond donors (Lipinski definition) is 1. The molecule has 2 aromatic carbocycles. The van der Waals surface area contributed by atoms with Gasteiger partial charge >= 0.3 is 5.97 Å². The Morgan fingerprint density at radius 3 is 1.89 bits per heavy atom. The Kier molecular flexibility index (Phi) is 9.50. The molecule has 27 heavy (non-hydrogen) atoms. The van der Waals surface area contributed by atoms with E-state index in [0.717, 1.165) is 17.5 Å². The van der Waals surface area contributed by atoms with Gasteiger partial charge < -0.3 is 26.8 Å². The van der Waals surface area contributed by atoms with Crippen molar-refractivity contribution in [3.63, 3.8) is 0 Å². The summed E-state index contributed by atoms with van der Waals surface area (Å²) in [5.41, 5.74) is 0.319. The number of carbonyl (C=O) groups is 1. The average Bonchev–Trinajstić information content (AvgIpc) is 2.67. The van der Waals surface area contributed by atoms with Gasteiger partial charge in [-0.3, -0.25) is 0 Å². The van der Waals surface area contributed by atoms with E-state index in [1.54, 1.807) is 0 Å². The number of quaternary nitrogens is 1. The first-order chi connectivity index (χ1) is 12.5. The number of benzene rings is 2. The molecule has 0 aliphatic heterocycles. The summed E-state index contributed by atoms with van der Waals surface area (Å²) in [5.74, 6) is -0.363. The summed E-state index contributed by atoms with van der Waals surface area (Å²) in [4.78, 5) is 14.6. The van der Waals surface area contributed by atoms with Crippen LogP contribution in [0, 0.1) is 0 Å². The third-order valence-electron chi connectivity index (χ3n) is 4.78. The van der Waals surface area contributed by atoms with E-state index < -0.39 is 5.60 Å². The lowest BCUT2D eigenvalue weighted by Gasteiger charge is -2.32. The normalized spacial score (nSPS) is 12.3. The molecule has 2 rings (SSSR count). The summed E-state index contributed by atoms with van der Waals surface area (Å²) < 4.78 is 11.8. The Labute approximate surface area is 168 Å². The van der Waals surface area contributed by atoms with Gasteiger partial charge in [0.2, 0.25) is 5.60 Å². The Balaban J connectivity index is 0.00000364. The number of carbonyl (C=O) groups excluding carboxylic acids is 1. The molecule has 4 nitrogen and oxygen atoms in total. The number of halogens is 1. The Hall–Kier alpha value is -1.88. The van der Waals surface area contributed by atoms with Crippen molar-refractivity contribution < 1.29 is 31.6 Å². The topological polar surface area (TPSA) is 40.0 Å². The van der Waals surface area contributed by atoms with Gasteiger partial charge in [0.15, 0.2) is 0 Å². The summed E-state index contributed by atoms with van der Waals surface area (Å²) in [6.07, 6.45) is 0.805. The van der Waals surface area contributed by atoms with Gasteiger partial charge in [-0.1, -0.05) is 60.7 Å². The predicted octanol–water partition coefficient (Wildman–Crippen LogP) is -0.563. The number of nitrogens with one attached hydrogen (secondary N) is 1. The third kappa shape index (κ3) is 5.55. The van der Waals surface area contributed by atoms with E-state index in [1.165, 1.54) is 4.90 Å². The molecule has 0 fully saturated rings. The SMILES string of the molecule is CCOC(C(=O)OCCC(C)[NH+](C)C)(c1ccccc1)c1ccccc1.[Cl-]. The third-order valence-corrected chi connectivity index (χ3v) is 4.78. The van der Waals surface area contributed by atoms with Crippen molar-refractivity contribution in [2.24, 2.45) is 0 Å². The van der Waals surface area contributed by atoms with Gasteiger partial charge in [0.1, 0.15) is 0 Å². The molecule has 148 valence electrons. The fraction of sp³-hybridized carbons (Fsp3) is 0.409. The second kappa shape index (κ2) is 11.1. The van der Waals surface area contributed by atoms with Gasteiger partial charge in [-0.05, 0) is 25.0 Å². The van der Waals surface area contributed by atoms with Crippen molar-refractivity contribution in [2.75, 3.05) is 27.3 Å². The van der Waals surface area contributed by atoms with Gasteiger partial charge in [-0.15, -0.1) is 0 Å². The zero-order valence-electron chi connectivity index (χ0n) is 16.6. The zero-order valence-corrected chi connectivity index (χ0v) is 17.3. The lowest BCUT2D eigenvalue weighted by molar-refractivity contribution is -0.883. The first-order valence-corrected chi connectivity index (χ1v) is 9.24. The van der Waals surface area contributed by atoms with E-state index in [4.69, 9.17) is 9.47 Å². The van der Waals surface area contributed by atoms with Crippen LogP contribution in [0.1, 0.15) is 31.4 Å². The highest BCUT2D eigenvalue weighted by atomic mass is 35.5. The van der Waals surface area contributed by atoms with Crippen LogP contribution in [0.15, 0.2) is 60.7 Å². The van der Waals surface area contributed by atoms with Crippen LogP contribution in [0.4, 0.5) is 0 Å². The monoisotopic (exact) mass is 391 g/mol. The fourth-order valence-electron chi connectivity index (χ4n) is 2.91. The molecule has 2 aromatic rings. The molecule has 0 spiro atoms. The molecule has 0 aliphatic rings. The molecule has 0 heterocycles. The van der Waals surface area contributed by atoms with Crippen LogP contribution in [0.25, 0.3) is 0 Å². The average molecular weight is 392 g/mol. The predicted molar refractivity (Wildman–Crippen MR) is 103 cm³/mol. The van der Waals surface area contributed by atoms with Crippen LogP contribution in [0.3, 0.4) is 0 Å². The highest BCUT2D eigenvalue weighted by molar-refractivity contribution is 5.85. The van der Waals surface area contributed by atoms with Crippen LogP contribution >= 0.6 is 0 Å². The maximum absolute atomic E-state index is 13.3. The Morgan fingerprint density at radius 2 is 1.48 bits per heavy atom. The molecule has 1 unspecified atom stereocenters. The van der Waals surface area contributed by atoms with Crippen LogP contribution in [-0.4, -0.2) is 39.3 Å². The zero-order chi connectivity index (χ0) is 19.0. The highest BCUT2D eigenvalue weighted by Crippen LogP contribution is 2.35. The molecule has 0 saturated carbocycles. The Bertz CT molecular complexity index is 637. The van der Waals surface area contributed by atoms with Crippen molar-refractivity contribution in [2.45, 2.75) is 31.9 Å². The van der Waals surface area contributed by atoms with E-state index in [9.17, 15) is 4.79 Å². The van der Waals surface area contributed by atoms with E-state index in [-0.39, 0.29) is 18.4 Å². The van der Waals surface area contributed by atoms with E-state index in [0.29, 0.717) is 19.3 Å². The van der Waals surface area contributed by atoms with Crippen molar-refractivity contribution in [3.05, 3.63) is 71.8 Å². The molecular weight excluding hydrogens is 362 g/mol. The standard InChI is InChI=1S/C22H29NO3.ClH/c1-5-26-22(19-12-8-6-9-13-19,20-14-10-7-11-15-20)21(24)25-17-16-18(2)23(3)4;/h6-15,18H,5,16-17H2,1-4H3;1H. The first kappa shape index (κ1) is 23.2. The highest BCUT2D eigenvalue weighted by Gasteiger charge is 2.44. The number of esters is 1.